The lowest BCUT2D eigenvalue weighted by Gasteiger charge is -2.16. The summed E-state index contributed by atoms with van der Waals surface area (Å²) in [5.74, 6) is -1.31. The second kappa shape index (κ2) is 8.28. The number of aliphatic carboxylic acids is 1. The smallest absolute Gasteiger partial charge is 0.317 e. The minimum absolute atomic E-state index is 0.0799. The van der Waals surface area contributed by atoms with Gasteiger partial charge in [0, 0.05) is 31.8 Å². The molecular weight excluding hydrogens is 314 g/mol. The Morgan fingerprint density at radius 1 is 1.29 bits per heavy atom. The number of nitrogens with one attached hydrogen (secondary N) is 1. The number of aryl methyl sites for hydroxylation is 1. The average molecular weight is 335 g/mol. The van der Waals surface area contributed by atoms with E-state index in [4.69, 9.17) is 5.11 Å². The fourth-order valence-electron chi connectivity index (χ4n) is 2.69. The van der Waals surface area contributed by atoms with Crippen molar-refractivity contribution in [2.24, 2.45) is 5.92 Å². The number of carbonyl (C=O) groups is 2. The Kier molecular flexibility index (Phi) is 6.11. The highest BCUT2D eigenvalue weighted by Crippen LogP contribution is 2.16. The minimum Gasteiger partial charge on any atom is -0.481 e. The molecule has 0 aromatic heterocycles. The monoisotopic (exact) mass is 335 g/mol. The number of urea groups is 1. The van der Waals surface area contributed by atoms with E-state index < -0.39 is 16.8 Å². The summed E-state index contributed by atoms with van der Waals surface area (Å²) in [5, 5.41) is 22.3. The number of nitrogens with zero attached hydrogens (tertiary/aromatic N) is 2. The topological polar surface area (TPSA) is 113 Å². The number of benzene rings is 1. The zero-order valence-corrected chi connectivity index (χ0v) is 13.3. The molecule has 0 saturated carbocycles. The van der Waals surface area contributed by atoms with Crippen LogP contribution in [0.2, 0.25) is 0 Å². The third-order valence-corrected chi connectivity index (χ3v) is 4.14. The highest BCUT2D eigenvalue weighted by molar-refractivity contribution is 5.77. The molecule has 1 aromatic rings. The van der Waals surface area contributed by atoms with Gasteiger partial charge in [0.2, 0.25) is 0 Å². The zero-order chi connectivity index (χ0) is 17.5. The fourth-order valence-corrected chi connectivity index (χ4v) is 2.69. The molecule has 0 aliphatic carbocycles. The minimum atomic E-state index is -0.853. The summed E-state index contributed by atoms with van der Waals surface area (Å²) >= 11 is 0. The first-order chi connectivity index (χ1) is 11.5. The van der Waals surface area contributed by atoms with Gasteiger partial charge in [-0.05, 0) is 31.2 Å². The molecule has 0 spiro atoms. The van der Waals surface area contributed by atoms with Gasteiger partial charge in [-0.2, -0.15) is 0 Å². The molecule has 24 heavy (non-hydrogen) atoms. The Hall–Kier alpha value is -2.64. The summed E-state index contributed by atoms with van der Waals surface area (Å²) in [6.07, 6.45) is 2.94. The van der Waals surface area contributed by atoms with E-state index in [1.165, 1.54) is 17.0 Å². The number of unbranched alkanes of at least 4 members (excludes halogenated alkanes) is 1. The van der Waals surface area contributed by atoms with Crippen LogP contribution in [0.4, 0.5) is 10.5 Å². The number of hydrogen-bond donors (Lipinski definition) is 2. The molecule has 1 aliphatic rings. The van der Waals surface area contributed by atoms with Crippen LogP contribution >= 0.6 is 0 Å². The number of non-ortho nitro benzene ring substituents is 1. The Morgan fingerprint density at radius 3 is 2.58 bits per heavy atom. The normalized spacial score (nSPS) is 16.8. The molecule has 130 valence electrons. The maximum absolute atomic E-state index is 11.9. The summed E-state index contributed by atoms with van der Waals surface area (Å²) < 4.78 is 0. The summed E-state index contributed by atoms with van der Waals surface area (Å²) in [6, 6.07) is 6.25. The second-order valence-electron chi connectivity index (χ2n) is 5.88. The van der Waals surface area contributed by atoms with Crippen molar-refractivity contribution >= 4 is 17.7 Å². The molecule has 1 heterocycles. The molecule has 2 rings (SSSR count). The number of rotatable bonds is 7. The second-order valence-corrected chi connectivity index (χ2v) is 5.88. The van der Waals surface area contributed by atoms with Crippen molar-refractivity contribution in [1.29, 1.82) is 0 Å². The zero-order valence-electron chi connectivity index (χ0n) is 13.3. The van der Waals surface area contributed by atoms with Crippen LogP contribution < -0.4 is 5.32 Å². The molecule has 0 radical (unpaired) electrons. The van der Waals surface area contributed by atoms with Gasteiger partial charge in [0.05, 0.1) is 10.8 Å². The molecule has 0 bridgehead atoms. The molecule has 8 nitrogen and oxygen atoms in total. The number of nitro groups is 1. The van der Waals surface area contributed by atoms with Gasteiger partial charge in [-0.1, -0.05) is 12.1 Å². The van der Waals surface area contributed by atoms with Gasteiger partial charge in [-0.3, -0.25) is 14.9 Å². The highest BCUT2D eigenvalue weighted by Gasteiger charge is 2.30. The molecule has 1 saturated heterocycles. The standard InChI is InChI=1S/C16H21N3O5/c20-15(21)13-8-10-18(11-13)16(22)17-9-2-1-3-12-4-6-14(7-5-12)19(23)24/h4-7,13H,1-3,8-11H2,(H,17,22)(H,20,21). The van der Waals surface area contributed by atoms with Crippen molar-refractivity contribution in [1.82, 2.24) is 10.2 Å². The van der Waals surface area contributed by atoms with E-state index in [2.05, 4.69) is 5.32 Å². The lowest BCUT2D eigenvalue weighted by Crippen LogP contribution is -2.39. The van der Waals surface area contributed by atoms with E-state index in [0.29, 0.717) is 19.5 Å². The van der Waals surface area contributed by atoms with E-state index >= 15 is 0 Å². The third-order valence-electron chi connectivity index (χ3n) is 4.14. The van der Waals surface area contributed by atoms with Gasteiger partial charge < -0.3 is 15.3 Å². The molecule has 1 atom stereocenters. The number of likely N-dealkylation sites (tertiary alicyclic amines) is 1. The fraction of sp³-hybridized carbons (Fsp3) is 0.500. The average Bonchev–Trinajstić information content (AvgIpc) is 3.05. The van der Waals surface area contributed by atoms with Crippen LogP contribution in [0.25, 0.3) is 0 Å². The molecular formula is C16H21N3O5. The van der Waals surface area contributed by atoms with Crippen LogP contribution in [0.1, 0.15) is 24.8 Å². The van der Waals surface area contributed by atoms with E-state index in [1.807, 2.05) is 0 Å². The van der Waals surface area contributed by atoms with Gasteiger partial charge in [-0.15, -0.1) is 0 Å². The molecule has 1 aromatic carbocycles. The van der Waals surface area contributed by atoms with Crippen molar-refractivity contribution in [2.75, 3.05) is 19.6 Å². The number of amides is 2. The molecule has 8 heteroatoms. The van der Waals surface area contributed by atoms with Crippen LogP contribution in [-0.2, 0) is 11.2 Å². The van der Waals surface area contributed by atoms with Gasteiger partial charge in [-0.25, -0.2) is 4.79 Å². The van der Waals surface area contributed by atoms with Crippen LogP contribution in [0.15, 0.2) is 24.3 Å². The van der Waals surface area contributed by atoms with Gasteiger partial charge in [0.25, 0.3) is 5.69 Å². The first-order valence-electron chi connectivity index (χ1n) is 7.96. The summed E-state index contributed by atoms with van der Waals surface area (Å²) in [5.41, 5.74) is 1.10. The maximum atomic E-state index is 11.9. The molecule has 2 amide bonds. The van der Waals surface area contributed by atoms with Crippen LogP contribution in [0.3, 0.4) is 0 Å². The van der Waals surface area contributed by atoms with Crippen molar-refractivity contribution in [3.05, 3.63) is 39.9 Å². The summed E-state index contributed by atoms with van der Waals surface area (Å²) in [4.78, 5) is 34.5. The Balaban J connectivity index is 1.62. The van der Waals surface area contributed by atoms with Crippen LogP contribution in [0, 0.1) is 16.0 Å². The summed E-state index contributed by atoms with van der Waals surface area (Å²) in [6.45, 7) is 1.27. The summed E-state index contributed by atoms with van der Waals surface area (Å²) in [7, 11) is 0. The lowest BCUT2D eigenvalue weighted by molar-refractivity contribution is -0.384. The van der Waals surface area contributed by atoms with Crippen molar-refractivity contribution < 1.29 is 19.6 Å². The SMILES string of the molecule is O=C(O)C1CCN(C(=O)NCCCCc2ccc([N+](=O)[O-])cc2)C1. The van der Waals surface area contributed by atoms with Crippen molar-refractivity contribution in [2.45, 2.75) is 25.7 Å². The molecule has 1 aliphatic heterocycles. The Morgan fingerprint density at radius 2 is 2.00 bits per heavy atom. The third kappa shape index (κ3) is 4.94. The van der Waals surface area contributed by atoms with Crippen LogP contribution in [-0.4, -0.2) is 46.6 Å². The quantitative estimate of drug-likeness (QED) is 0.450. The maximum Gasteiger partial charge on any atom is 0.317 e. The molecule has 1 fully saturated rings. The van der Waals surface area contributed by atoms with Gasteiger partial charge >= 0.3 is 12.0 Å². The van der Waals surface area contributed by atoms with Gasteiger partial charge in [0.15, 0.2) is 0 Å². The van der Waals surface area contributed by atoms with E-state index in [1.54, 1.807) is 12.1 Å². The van der Waals surface area contributed by atoms with E-state index in [-0.39, 0.29) is 18.3 Å². The van der Waals surface area contributed by atoms with Crippen LogP contribution in [0.5, 0.6) is 0 Å². The Labute approximate surface area is 139 Å². The lowest BCUT2D eigenvalue weighted by atomic mass is 10.1. The number of carbonyl (C=O) groups excluding carboxylic acids is 1. The largest absolute Gasteiger partial charge is 0.481 e. The first-order valence-corrected chi connectivity index (χ1v) is 7.96. The van der Waals surface area contributed by atoms with E-state index in [0.717, 1.165) is 24.8 Å². The highest BCUT2D eigenvalue weighted by atomic mass is 16.6. The first kappa shape index (κ1) is 17.7. The number of carboxylic acid groups (broad SMARTS) is 1. The van der Waals surface area contributed by atoms with Crippen molar-refractivity contribution in [3.8, 4) is 0 Å². The number of hydrogen-bond acceptors (Lipinski definition) is 4. The number of nitro benzene ring substituents is 1. The van der Waals surface area contributed by atoms with Crippen molar-refractivity contribution in [3.63, 3.8) is 0 Å². The molecule has 2 N–H and O–H groups in total. The molecule has 1 unspecified atom stereocenters. The predicted octanol–water partition coefficient (Wildman–Crippen LogP) is 2.03. The van der Waals surface area contributed by atoms with E-state index in [9.17, 15) is 19.7 Å². The predicted molar refractivity (Wildman–Crippen MR) is 86.7 cm³/mol. The Bertz CT molecular complexity index is 602. The van der Waals surface area contributed by atoms with Gasteiger partial charge in [0.1, 0.15) is 0 Å². The number of carboxylic acids is 1.